The Morgan fingerprint density at radius 2 is 2.53 bits per heavy atom. The van der Waals surface area contributed by atoms with E-state index in [4.69, 9.17) is 10.5 Å². The van der Waals surface area contributed by atoms with E-state index in [1.165, 1.54) is 18.5 Å². The van der Waals surface area contributed by atoms with E-state index >= 15 is 0 Å². The van der Waals surface area contributed by atoms with Crippen molar-refractivity contribution < 1.29 is 4.74 Å². The Morgan fingerprint density at radius 3 is 3.20 bits per heavy atom. The summed E-state index contributed by atoms with van der Waals surface area (Å²) in [6, 6.07) is 4.28. The van der Waals surface area contributed by atoms with Crippen LogP contribution in [0.15, 0.2) is 18.3 Å². The van der Waals surface area contributed by atoms with Gasteiger partial charge >= 0.3 is 0 Å². The minimum absolute atomic E-state index is 0.115. The zero-order valence-electron chi connectivity index (χ0n) is 9.36. The fourth-order valence-corrected chi connectivity index (χ4v) is 2.20. The van der Waals surface area contributed by atoms with Crippen molar-refractivity contribution >= 4 is 0 Å². The van der Waals surface area contributed by atoms with Crippen molar-refractivity contribution in [2.75, 3.05) is 6.61 Å². The van der Waals surface area contributed by atoms with Gasteiger partial charge in [-0.3, -0.25) is 0 Å². The first-order chi connectivity index (χ1) is 7.27. The predicted molar refractivity (Wildman–Crippen MR) is 60.6 cm³/mol. The van der Waals surface area contributed by atoms with Crippen LogP contribution >= 0.6 is 0 Å². The van der Waals surface area contributed by atoms with Gasteiger partial charge in [0.25, 0.3) is 0 Å². The third kappa shape index (κ3) is 2.61. The fraction of sp³-hybridized carbons (Fsp3) is 0.667. The van der Waals surface area contributed by atoms with E-state index in [2.05, 4.69) is 22.9 Å². The van der Waals surface area contributed by atoms with Crippen LogP contribution < -0.4 is 5.73 Å². The topological polar surface area (TPSA) is 40.2 Å². The van der Waals surface area contributed by atoms with Crippen LogP contribution in [-0.2, 0) is 11.3 Å². The van der Waals surface area contributed by atoms with Crippen LogP contribution in [0.3, 0.4) is 0 Å². The molecule has 0 spiro atoms. The molecule has 0 aromatic carbocycles. The largest absolute Gasteiger partial charge is 0.378 e. The SMILES string of the molecule is CC(N)c1cccn1CCC1CCCO1. The van der Waals surface area contributed by atoms with Crippen LogP contribution in [0.5, 0.6) is 0 Å². The van der Waals surface area contributed by atoms with E-state index in [-0.39, 0.29) is 6.04 Å². The number of aryl methyl sites for hydroxylation is 1. The van der Waals surface area contributed by atoms with Crippen molar-refractivity contribution in [3.05, 3.63) is 24.0 Å². The maximum absolute atomic E-state index is 5.89. The highest BCUT2D eigenvalue weighted by Gasteiger charge is 2.15. The summed E-state index contributed by atoms with van der Waals surface area (Å²) in [6.07, 6.45) is 6.11. The fourth-order valence-electron chi connectivity index (χ4n) is 2.20. The molecule has 0 saturated carbocycles. The zero-order valence-corrected chi connectivity index (χ0v) is 9.36. The van der Waals surface area contributed by atoms with Gasteiger partial charge in [0.05, 0.1) is 6.10 Å². The van der Waals surface area contributed by atoms with Crippen LogP contribution in [0.25, 0.3) is 0 Å². The van der Waals surface area contributed by atoms with E-state index in [1.54, 1.807) is 0 Å². The molecule has 0 aliphatic carbocycles. The van der Waals surface area contributed by atoms with Gasteiger partial charge in [0.15, 0.2) is 0 Å². The Balaban J connectivity index is 1.89. The first-order valence-electron chi connectivity index (χ1n) is 5.79. The molecule has 1 saturated heterocycles. The molecule has 2 atom stereocenters. The molecule has 0 amide bonds. The molecule has 0 bridgehead atoms. The predicted octanol–water partition coefficient (Wildman–Crippen LogP) is 2.08. The molecule has 84 valence electrons. The first kappa shape index (κ1) is 10.7. The summed E-state index contributed by atoms with van der Waals surface area (Å²) in [5.41, 5.74) is 7.11. The van der Waals surface area contributed by atoms with E-state index in [1.807, 2.05) is 6.92 Å². The molecule has 2 rings (SSSR count). The average Bonchev–Trinajstić information content (AvgIpc) is 2.86. The molecule has 1 aromatic rings. The van der Waals surface area contributed by atoms with Gasteiger partial charge in [-0.2, -0.15) is 0 Å². The highest BCUT2D eigenvalue weighted by Crippen LogP contribution is 2.18. The number of nitrogens with zero attached hydrogens (tertiary/aromatic N) is 1. The van der Waals surface area contributed by atoms with Gasteiger partial charge in [0.1, 0.15) is 0 Å². The van der Waals surface area contributed by atoms with Gasteiger partial charge in [0, 0.05) is 31.1 Å². The minimum Gasteiger partial charge on any atom is -0.378 e. The summed E-state index contributed by atoms with van der Waals surface area (Å²) in [7, 11) is 0. The first-order valence-corrected chi connectivity index (χ1v) is 5.79. The van der Waals surface area contributed by atoms with Gasteiger partial charge in [-0.15, -0.1) is 0 Å². The number of hydrogen-bond donors (Lipinski definition) is 1. The van der Waals surface area contributed by atoms with Gasteiger partial charge in [-0.1, -0.05) is 0 Å². The molecule has 2 N–H and O–H groups in total. The van der Waals surface area contributed by atoms with Crippen molar-refractivity contribution in [1.82, 2.24) is 4.57 Å². The molecule has 3 heteroatoms. The van der Waals surface area contributed by atoms with E-state index in [9.17, 15) is 0 Å². The second-order valence-corrected chi connectivity index (χ2v) is 4.34. The maximum atomic E-state index is 5.89. The van der Waals surface area contributed by atoms with Gasteiger partial charge in [0.2, 0.25) is 0 Å². The lowest BCUT2D eigenvalue weighted by atomic mass is 10.2. The molecule has 15 heavy (non-hydrogen) atoms. The van der Waals surface area contributed by atoms with Gasteiger partial charge < -0.3 is 15.0 Å². The lowest BCUT2D eigenvalue weighted by molar-refractivity contribution is 0.100. The molecule has 1 aromatic heterocycles. The Labute approximate surface area is 91.2 Å². The third-order valence-corrected chi connectivity index (χ3v) is 3.05. The monoisotopic (exact) mass is 208 g/mol. The lowest BCUT2D eigenvalue weighted by Gasteiger charge is -2.14. The van der Waals surface area contributed by atoms with E-state index in [0.717, 1.165) is 19.6 Å². The van der Waals surface area contributed by atoms with Crippen molar-refractivity contribution in [2.45, 2.75) is 44.9 Å². The summed E-state index contributed by atoms with van der Waals surface area (Å²) in [4.78, 5) is 0. The second-order valence-electron chi connectivity index (χ2n) is 4.34. The van der Waals surface area contributed by atoms with Crippen LogP contribution in [0.1, 0.15) is 37.9 Å². The summed E-state index contributed by atoms with van der Waals surface area (Å²) < 4.78 is 7.85. The number of nitrogens with two attached hydrogens (primary N) is 1. The molecule has 0 radical (unpaired) electrons. The van der Waals surface area contributed by atoms with Crippen molar-refractivity contribution in [1.29, 1.82) is 0 Å². The molecule has 1 aliphatic heterocycles. The highest BCUT2D eigenvalue weighted by atomic mass is 16.5. The number of aromatic nitrogens is 1. The minimum atomic E-state index is 0.115. The second kappa shape index (κ2) is 4.81. The zero-order chi connectivity index (χ0) is 10.7. The van der Waals surface area contributed by atoms with Gasteiger partial charge in [-0.25, -0.2) is 0 Å². The quantitative estimate of drug-likeness (QED) is 0.823. The molecule has 3 nitrogen and oxygen atoms in total. The van der Waals surface area contributed by atoms with Crippen LogP contribution in [0, 0.1) is 0 Å². The molecule has 2 heterocycles. The average molecular weight is 208 g/mol. The third-order valence-electron chi connectivity index (χ3n) is 3.05. The van der Waals surface area contributed by atoms with Crippen LogP contribution in [0.4, 0.5) is 0 Å². The smallest absolute Gasteiger partial charge is 0.0593 e. The Bertz CT molecular complexity index is 300. The Hall–Kier alpha value is -0.800. The normalized spacial score (nSPS) is 23.2. The van der Waals surface area contributed by atoms with Crippen molar-refractivity contribution in [3.8, 4) is 0 Å². The van der Waals surface area contributed by atoms with Crippen LogP contribution in [-0.4, -0.2) is 17.3 Å². The van der Waals surface area contributed by atoms with Crippen molar-refractivity contribution in [3.63, 3.8) is 0 Å². The number of ether oxygens (including phenoxy) is 1. The van der Waals surface area contributed by atoms with Crippen LogP contribution in [0.2, 0.25) is 0 Å². The van der Waals surface area contributed by atoms with Gasteiger partial charge in [-0.05, 0) is 38.3 Å². The summed E-state index contributed by atoms with van der Waals surface area (Å²) in [5.74, 6) is 0. The lowest BCUT2D eigenvalue weighted by Crippen LogP contribution is -2.15. The Kier molecular flexibility index (Phi) is 3.44. The molecular formula is C12H20N2O. The summed E-state index contributed by atoms with van der Waals surface area (Å²) >= 11 is 0. The Morgan fingerprint density at radius 1 is 1.67 bits per heavy atom. The standard InChI is InChI=1S/C12H20N2O/c1-10(13)12-5-2-7-14(12)8-6-11-4-3-9-15-11/h2,5,7,10-11H,3-4,6,8-9,13H2,1H3. The maximum Gasteiger partial charge on any atom is 0.0593 e. The summed E-state index contributed by atoms with van der Waals surface area (Å²) in [6.45, 7) is 3.99. The molecule has 1 aliphatic rings. The van der Waals surface area contributed by atoms with E-state index < -0.39 is 0 Å². The summed E-state index contributed by atoms with van der Waals surface area (Å²) in [5, 5.41) is 0. The highest BCUT2D eigenvalue weighted by molar-refractivity contribution is 5.10. The van der Waals surface area contributed by atoms with Crippen molar-refractivity contribution in [2.24, 2.45) is 5.73 Å². The number of rotatable bonds is 4. The number of hydrogen-bond acceptors (Lipinski definition) is 2. The molecule has 2 unspecified atom stereocenters. The van der Waals surface area contributed by atoms with E-state index in [0.29, 0.717) is 6.10 Å². The molecular weight excluding hydrogens is 188 g/mol. The molecule has 1 fully saturated rings.